The lowest BCUT2D eigenvalue weighted by Crippen LogP contribution is -2.49. The van der Waals surface area contributed by atoms with Gasteiger partial charge in [-0.2, -0.15) is 0 Å². The highest BCUT2D eigenvalue weighted by Gasteiger charge is 2.31. The second-order valence-corrected chi connectivity index (χ2v) is 5.37. The van der Waals surface area contributed by atoms with E-state index in [1.807, 2.05) is 13.8 Å². The van der Waals surface area contributed by atoms with E-state index in [1.165, 1.54) is 0 Å². The van der Waals surface area contributed by atoms with Gasteiger partial charge < -0.3 is 15.2 Å². The van der Waals surface area contributed by atoms with Crippen LogP contribution in [0.5, 0.6) is 0 Å². The normalized spacial score (nSPS) is 17.2. The van der Waals surface area contributed by atoms with Gasteiger partial charge in [0, 0.05) is 25.2 Å². The van der Waals surface area contributed by atoms with Gasteiger partial charge in [-0.25, -0.2) is 0 Å². The van der Waals surface area contributed by atoms with Crippen LogP contribution in [0.4, 0.5) is 0 Å². The van der Waals surface area contributed by atoms with Crippen LogP contribution in [-0.2, 0) is 14.3 Å². The van der Waals surface area contributed by atoms with E-state index in [2.05, 4.69) is 5.32 Å². The number of ether oxygens (including phenoxy) is 1. The molecule has 2 N–H and O–H groups in total. The van der Waals surface area contributed by atoms with E-state index < -0.39 is 11.5 Å². The Balaban J connectivity index is 2.52. The molecule has 1 heterocycles. The number of carboxylic acids is 1. The molecule has 0 atom stereocenters. The lowest BCUT2D eigenvalue weighted by Gasteiger charge is -2.32. The van der Waals surface area contributed by atoms with E-state index >= 15 is 0 Å². The molecule has 0 saturated carbocycles. The van der Waals surface area contributed by atoms with Crippen LogP contribution in [-0.4, -0.2) is 35.7 Å². The molecular formula is C14H25NO4. The molecule has 1 fully saturated rings. The summed E-state index contributed by atoms with van der Waals surface area (Å²) in [6.45, 7) is 5.28. The SMILES string of the molecule is CCC(CC)(CC(=O)O)NC(=O)CC1CCOCC1. The first-order chi connectivity index (χ1) is 9.01. The molecule has 5 heteroatoms. The van der Waals surface area contributed by atoms with Gasteiger partial charge in [-0.05, 0) is 31.6 Å². The van der Waals surface area contributed by atoms with Crippen molar-refractivity contribution in [3.63, 3.8) is 0 Å². The highest BCUT2D eigenvalue weighted by atomic mass is 16.5. The Kier molecular flexibility index (Phi) is 6.28. The fourth-order valence-electron chi connectivity index (χ4n) is 2.57. The largest absolute Gasteiger partial charge is 0.481 e. The van der Waals surface area contributed by atoms with Gasteiger partial charge in [-0.15, -0.1) is 0 Å². The van der Waals surface area contributed by atoms with Gasteiger partial charge in [0.1, 0.15) is 0 Å². The van der Waals surface area contributed by atoms with Crippen LogP contribution in [0, 0.1) is 5.92 Å². The summed E-state index contributed by atoms with van der Waals surface area (Å²) >= 11 is 0. The number of hydrogen-bond donors (Lipinski definition) is 2. The third kappa shape index (κ3) is 5.19. The summed E-state index contributed by atoms with van der Waals surface area (Å²) in [4.78, 5) is 23.0. The Morgan fingerprint density at radius 3 is 2.32 bits per heavy atom. The van der Waals surface area contributed by atoms with Gasteiger partial charge in [0.25, 0.3) is 0 Å². The summed E-state index contributed by atoms with van der Waals surface area (Å²) in [7, 11) is 0. The van der Waals surface area contributed by atoms with E-state index in [1.54, 1.807) is 0 Å². The Labute approximate surface area is 114 Å². The van der Waals surface area contributed by atoms with Gasteiger partial charge in [0.05, 0.1) is 6.42 Å². The summed E-state index contributed by atoms with van der Waals surface area (Å²) < 4.78 is 5.27. The number of hydrogen-bond acceptors (Lipinski definition) is 3. The second-order valence-electron chi connectivity index (χ2n) is 5.37. The number of carbonyl (C=O) groups excluding carboxylic acids is 1. The fraction of sp³-hybridized carbons (Fsp3) is 0.857. The fourth-order valence-corrected chi connectivity index (χ4v) is 2.57. The number of rotatable bonds is 7. The standard InChI is InChI=1S/C14H25NO4/c1-3-14(4-2,10-13(17)18)15-12(16)9-11-5-7-19-8-6-11/h11H,3-10H2,1-2H3,(H,15,16)(H,17,18). The first kappa shape index (κ1) is 16.0. The summed E-state index contributed by atoms with van der Waals surface area (Å²) in [6.07, 6.45) is 3.56. The Morgan fingerprint density at radius 2 is 1.84 bits per heavy atom. The van der Waals surface area contributed by atoms with E-state index in [4.69, 9.17) is 9.84 Å². The molecule has 19 heavy (non-hydrogen) atoms. The minimum atomic E-state index is -0.866. The quantitative estimate of drug-likeness (QED) is 0.742. The van der Waals surface area contributed by atoms with Crippen molar-refractivity contribution in [3.8, 4) is 0 Å². The number of aliphatic carboxylic acids is 1. The molecular weight excluding hydrogens is 246 g/mol. The molecule has 5 nitrogen and oxygen atoms in total. The van der Waals surface area contributed by atoms with Crippen LogP contribution in [0.25, 0.3) is 0 Å². The zero-order chi connectivity index (χ0) is 14.3. The summed E-state index contributed by atoms with van der Waals surface area (Å²) in [6, 6.07) is 0. The van der Waals surface area contributed by atoms with Crippen molar-refractivity contribution in [1.82, 2.24) is 5.32 Å². The average molecular weight is 271 g/mol. The molecule has 0 aliphatic carbocycles. The van der Waals surface area contributed by atoms with E-state index in [9.17, 15) is 9.59 Å². The molecule has 1 rings (SSSR count). The van der Waals surface area contributed by atoms with Crippen LogP contribution < -0.4 is 5.32 Å². The number of nitrogens with one attached hydrogen (secondary N) is 1. The van der Waals surface area contributed by atoms with Crippen LogP contribution >= 0.6 is 0 Å². The van der Waals surface area contributed by atoms with Gasteiger partial charge in [0.15, 0.2) is 0 Å². The highest BCUT2D eigenvalue weighted by molar-refractivity contribution is 5.78. The Morgan fingerprint density at radius 1 is 1.26 bits per heavy atom. The van der Waals surface area contributed by atoms with Crippen molar-refractivity contribution >= 4 is 11.9 Å². The minimum Gasteiger partial charge on any atom is -0.481 e. The third-order valence-electron chi connectivity index (χ3n) is 4.06. The maximum atomic E-state index is 12.1. The molecule has 1 aliphatic rings. The van der Waals surface area contributed by atoms with E-state index in [0.717, 1.165) is 26.1 Å². The maximum absolute atomic E-state index is 12.1. The first-order valence-electron chi connectivity index (χ1n) is 7.12. The third-order valence-corrected chi connectivity index (χ3v) is 4.06. The Hall–Kier alpha value is -1.10. The van der Waals surface area contributed by atoms with Crippen LogP contribution in [0.1, 0.15) is 52.4 Å². The van der Waals surface area contributed by atoms with Gasteiger partial charge in [0.2, 0.25) is 5.91 Å². The molecule has 1 amide bonds. The molecule has 0 spiro atoms. The number of carboxylic acid groups (broad SMARTS) is 1. The lowest BCUT2D eigenvalue weighted by molar-refractivity contribution is -0.139. The summed E-state index contributed by atoms with van der Waals surface area (Å²) in [5, 5.41) is 11.9. The van der Waals surface area contributed by atoms with E-state index in [0.29, 0.717) is 25.2 Å². The minimum absolute atomic E-state index is 0.0144. The molecule has 0 aromatic rings. The first-order valence-corrected chi connectivity index (χ1v) is 7.12. The van der Waals surface area contributed by atoms with Gasteiger partial charge in [-0.3, -0.25) is 9.59 Å². The topological polar surface area (TPSA) is 75.6 Å². The van der Waals surface area contributed by atoms with Crippen molar-refractivity contribution in [2.45, 2.75) is 57.9 Å². The van der Waals surface area contributed by atoms with Crippen molar-refractivity contribution < 1.29 is 19.4 Å². The average Bonchev–Trinajstić information content (AvgIpc) is 2.38. The predicted molar refractivity (Wildman–Crippen MR) is 71.9 cm³/mol. The molecule has 0 unspecified atom stereocenters. The lowest BCUT2D eigenvalue weighted by atomic mass is 9.88. The molecule has 0 aromatic heterocycles. The van der Waals surface area contributed by atoms with Crippen molar-refractivity contribution in [3.05, 3.63) is 0 Å². The van der Waals surface area contributed by atoms with Crippen molar-refractivity contribution in [1.29, 1.82) is 0 Å². The second kappa shape index (κ2) is 7.48. The van der Waals surface area contributed by atoms with Crippen LogP contribution in [0.3, 0.4) is 0 Å². The molecule has 0 radical (unpaired) electrons. The molecule has 1 saturated heterocycles. The smallest absolute Gasteiger partial charge is 0.305 e. The number of carbonyl (C=O) groups is 2. The van der Waals surface area contributed by atoms with Gasteiger partial charge in [-0.1, -0.05) is 13.8 Å². The molecule has 0 aromatic carbocycles. The molecule has 0 bridgehead atoms. The monoisotopic (exact) mass is 271 g/mol. The highest BCUT2D eigenvalue weighted by Crippen LogP contribution is 2.22. The zero-order valence-corrected chi connectivity index (χ0v) is 11.9. The Bertz CT molecular complexity index is 307. The predicted octanol–water partition coefficient (Wildman–Crippen LogP) is 1.95. The van der Waals surface area contributed by atoms with E-state index in [-0.39, 0.29) is 12.3 Å². The van der Waals surface area contributed by atoms with Gasteiger partial charge >= 0.3 is 5.97 Å². The summed E-state index contributed by atoms with van der Waals surface area (Å²) in [5.74, 6) is -0.531. The summed E-state index contributed by atoms with van der Waals surface area (Å²) in [5.41, 5.74) is -0.603. The molecule has 110 valence electrons. The molecule has 1 aliphatic heterocycles. The van der Waals surface area contributed by atoms with Crippen LogP contribution in [0.15, 0.2) is 0 Å². The van der Waals surface area contributed by atoms with Crippen molar-refractivity contribution in [2.75, 3.05) is 13.2 Å². The van der Waals surface area contributed by atoms with Crippen molar-refractivity contribution in [2.24, 2.45) is 5.92 Å². The number of amides is 1. The maximum Gasteiger partial charge on any atom is 0.305 e. The van der Waals surface area contributed by atoms with Crippen LogP contribution in [0.2, 0.25) is 0 Å². The zero-order valence-electron chi connectivity index (χ0n) is 11.9.